The highest BCUT2D eigenvalue weighted by atomic mass is 19.4. The quantitative estimate of drug-likeness (QED) is 0.840. The van der Waals surface area contributed by atoms with Crippen LogP contribution in [0.2, 0.25) is 0 Å². The molecular formula is C15H16F3NO4. The maximum absolute atomic E-state index is 12.0. The second-order valence-corrected chi connectivity index (χ2v) is 5.49. The Bertz CT molecular complexity index is 585. The van der Waals surface area contributed by atoms with Crippen molar-refractivity contribution in [2.45, 2.75) is 25.6 Å². The van der Waals surface area contributed by atoms with Gasteiger partial charge in [0.1, 0.15) is 5.75 Å². The summed E-state index contributed by atoms with van der Waals surface area (Å²) in [6, 6.07) is 5.51. The minimum atomic E-state index is -4.40. The third-order valence-corrected chi connectivity index (χ3v) is 3.59. The molecule has 3 atom stereocenters. The van der Waals surface area contributed by atoms with Crippen LogP contribution in [0, 0.1) is 11.8 Å². The van der Waals surface area contributed by atoms with Gasteiger partial charge in [-0.1, -0.05) is 12.1 Å². The Kier molecular flexibility index (Phi) is 4.82. The van der Waals surface area contributed by atoms with Gasteiger partial charge in [-0.3, -0.25) is 9.59 Å². The first kappa shape index (κ1) is 17.1. The third kappa shape index (κ3) is 4.87. The Morgan fingerprint density at radius 2 is 1.91 bits per heavy atom. The van der Waals surface area contributed by atoms with Crippen LogP contribution in [0.4, 0.5) is 13.2 Å². The van der Waals surface area contributed by atoms with Gasteiger partial charge in [-0.25, -0.2) is 0 Å². The summed E-state index contributed by atoms with van der Waals surface area (Å²) in [5.74, 6) is -2.37. The Balaban J connectivity index is 1.87. The Hall–Kier alpha value is -2.25. The van der Waals surface area contributed by atoms with E-state index in [1.165, 1.54) is 12.1 Å². The molecule has 8 heteroatoms. The van der Waals surface area contributed by atoms with Crippen molar-refractivity contribution in [1.82, 2.24) is 5.32 Å². The molecule has 0 aromatic heterocycles. The molecule has 0 spiro atoms. The summed E-state index contributed by atoms with van der Waals surface area (Å²) in [6.07, 6.45) is -4.07. The lowest BCUT2D eigenvalue weighted by Crippen LogP contribution is -2.29. The molecule has 5 nitrogen and oxygen atoms in total. The van der Waals surface area contributed by atoms with Gasteiger partial charge in [-0.2, -0.15) is 13.2 Å². The van der Waals surface area contributed by atoms with E-state index in [4.69, 9.17) is 5.11 Å². The first-order valence-corrected chi connectivity index (χ1v) is 7.00. The number of nitrogens with one attached hydrogen (secondary N) is 1. The minimum absolute atomic E-state index is 0.0812. The number of carboxylic acid groups (broad SMARTS) is 1. The van der Waals surface area contributed by atoms with E-state index < -0.39 is 30.6 Å². The largest absolute Gasteiger partial charge is 0.484 e. The van der Waals surface area contributed by atoms with Crippen molar-refractivity contribution in [1.29, 1.82) is 0 Å². The maximum Gasteiger partial charge on any atom is 0.422 e. The SMILES string of the molecule is C[C@H](NC(=O)[C@H]1C[C@H]1C(=O)O)c1ccc(OCC(F)(F)F)cc1. The zero-order valence-corrected chi connectivity index (χ0v) is 12.3. The lowest BCUT2D eigenvalue weighted by molar-refractivity contribution is -0.153. The molecule has 1 aliphatic carbocycles. The smallest absolute Gasteiger partial charge is 0.422 e. The fraction of sp³-hybridized carbons (Fsp3) is 0.467. The molecule has 0 radical (unpaired) electrons. The molecule has 0 heterocycles. The fourth-order valence-electron chi connectivity index (χ4n) is 2.18. The van der Waals surface area contributed by atoms with Crippen molar-refractivity contribution in [2.24, 2.45) is 11.8 Å². The Labute approximate surface area is 130 Å². The van der Waals surface area contributed by atoms with Crippen LogP contribution in [0.15, 0.2) is 24.3 Å². The van der Waals surface area contributed by atoms with Gasteiger partial charge in [0.25, 0.3) is 0 Å². The lowest BCUT2D eigenvalue weighted by Gasteiger charge is -2.15. The predicted octanol–water partition coefficient (Wildman–Crippen LogP) is 2.53. The Morgan fingerprint density at radius 3 is 2.39 bits per heavy atom. The maximum atomic E-state index is 12.0. The Morgan fingerprint density at radius 1 is 1.30 bits per heavy atom. The summed E-state index contributed by atoms with van der Waals surface area (Å²) in [7, 11) is 0. The first-order valence-electron chi connectivity index (χ1n) is 7.00. The third-order valence-electron chi connectivity index (χ3n) is 3.59. The van der Waals surface area contributed by atoms with Gasteiger partial charge in [0.15, 0.2) is 6.61 Å². The number of carbonyl (C=O) groups excluding carboxylic acids is 1. The van der Waals surface area contributed by atoms with Crippen LogP contribution >= 0.6 is 0 Å². The number of amides is 1. The lowest BCUT2D eigenvalue weighted by atomic mass is 10.1. The standard InChI is InChI=1S/C15H16F3NO4/c1-8(19-13(20)11-6-12(11)14(21)22)9-2-4-10(5-3-9)23-7-15(16,17)18/h2-5,8,11-12H,6-7H2,1H3,(H,19,20)(H,21,22)/t8-,11-,12+/m0/s1. The number of halogens is 3. The molecule has 126 valence electrons. The zero-order valence-electron chi connectivity index (χ0n) is 12.3. The average molecular weight is 331 g/mol. The summed E-state index contributed by atoms with van der Waals surface area (Å²) in [4.78, 5) is 22.6. The molecule has 1 fully saturated rings. The van der Waals surface area contributed by atoms with Crippen molar-refractivity contribution < 1.29 is 32.6 Å². The van der Waals surface area contributed by atoms with Gasteiger partial charge >= 0.3 is 12.1 Å². The summed E-state index contributed by atoms with van der Waals surface area (Å²) < 4.78 is 40.7. The molecule has 0 aliphatic heterocycles. The van der Waals surface area contributed by atoms with Crippen molar-refractivity contribution in [3.8, 4) is 5.75 Å². The minimum Gasteiger partial charge on any atom is -0.484 e. The van der Waals surface area contributed by atoms with Gasteiger partial charge < -0.3 is 15.2 Å². The van der Waals surface area contributed by atoms with Crippen LogP contribution in [0.1, 0.15) is 24.9 Å². The first-order chi connectivity index (χ1) is 10.7. The number of ether oxygens (including phenoxy) is 1. The highest BCUT2D eigenvalue weighted by Crippen LogP contribution is 2.39. The second-order valence-electron chi connectivity index (χ2n) is 5.49. The van der Waals surface area contributed by atoms with E-state index in [1.54, 1.807) is 19.1 Å². The number of aliphatic carboxylic acids is 1. The number of hydrogen-bond acceptors (Lipinski definition) is 3. The molecule has 1 amide bonds. The van der Waals surface area contributed by atoms with Gasteiger partial charge in [0.05, 0.1) is 17.9 Å². The zero-order chi connectivity index (χ0) is 17.2. The molecule has 1 aliphatic rings. The van der Waals surface area contributed by atoms with E-state index in [0.717, 1.165) is 0 Å². The van der Waals surface area contributed by atoms with Gasteiger partial charge in [-0.15, -0.1) is 0 Å². The highest BCUT2D eigenvalue weighted by Gasteiger charge is 2.48. The molecule has 1 aromatic carbocycles. The fourth-order valence-corrected chi connectivity index (χ4v) is 2.18. The molecular weight excluding hydrogens is 315 g/mol. The predicted molar refractivity (Wildman–Crippen MR) is 73.8 cm³/mol. The highest BCUT2D eigenvalue weighted by molar-refractivity contribution is 5.89. The van der Waals surface area contributed by atoms with Crippen LogP contribution in [-0.2, 0) is 9.59 Å². The van der Waals surface area contributed by atoms with E-state index in [2.05, 4.69) is 10.1 Å². The molecule has 2 rings (SSSR count). The summed E-state index contributed by atoms with van der Waals surface area (Å²) in [5.41, 5.74) is 0.685. The second kappa shape index (κ2) is 6.47. The normalized spacial score (nSPS) is 21.4. The molecule has 0 bridgehead atoms. The van der Waals surface area contributed by atoms with E-state index in [9.17, 15) is 22.8 Å². The average Bonchev–Trinajstić information content (AvgIpc) is 3.25. The van der Waals surface area contributed by atoms with E-state index in [1.807, 2.05) is 0 Å². The van der Waals surface area contributed by atoms with Gasteiger partial charge in [-0.05, 0) is 31.0 Å². The van der Waals surface area contributed by atoms with E-state index >= 15 is 0 Å². The summed E-state index contributed by atoms with van der Waals surface area (Å²) in [6.45, 7) is 0.346. The van der Waals surface area contributed by atoms with Crippen LogP contribution in [0.25, 0.3) is 0 Å². The van der Waals surface area contributed by atoms with Gasteiger partial charge in [0, 0.05) is 0 Å². The molecule has 1 aromatic rings. The number of alkyl halides is 3. The number of carbonyl (C=O) groups is 2. The van der Waals surface area contributed by atoms with Crippen molar-refractivity contribution in [3.05, 3.63) is 29.8 Å². The molecule has 1 saturated carbocycles. The molecule has 0 unspecified atom stereocenters. The number of carboxylic acids is 1. The van der Waals surface area contributed by atoms with E-state index in [-0.39, 0.29) is 17.7 Å². The van der Waals surface area contributed by atoms with E-state index in [0.29, 0.717) is 12.0 Å². The molecule has 23 heavy (non-hydrogen) atoms. The monoisotopic (exact) mass is 331 g/mol. The topological polar surface area (TPSA) is 75.6 Å². The van der Waals surface area contributed by atoms with Crippen LogP contribution < -0.4 is 10.1 Å². The summed E-state index contributed by atoms with van der Waals surface area (Å²) >= 11 is 0. The van der Waals surface area contributed by atoms with Crippen molar-refractivity contribution >= 4 is 11.9 Å². The van der Waals surface area contributed by atoms with Crippen LogP contribution in [0.5, 0.6) is 5.75 Å². The number of rotatable bonds is 6. The van der Waals surface area contributed by atoms with Crippen molar-refractivity contribution in [3.63, 3.8) is 0 Å². The molecule has 2 N–H and O–H groups in total. The summed E-state index contributed by atoms with van der Waals surface area (Å²) in [5, 5.41) is 11.5. The van der Waals surface area contributed by atoms with Gasteiger partial charge in [0.2, 0.25) is 5.91 Å². The molecule has 0 saturated heterocycles. The number of benzene rings is 1. The number of hydrogen-bond donors (Lipinski definition) is 2. The van der Waals surface area contributed by atoms with Crippen molar-refractivity contribution in [2.75, 3.05) is 6.61 Å². The van der Waals surface area contributed by atoms with Crippen LogP contribution in [-0.4, -0.2) is 29.8 Å². The van der Waals surface area contributed by atoms with Crippen LogP contribution in [0.3, 0.4) is 0 Å².